The van der Waals surface area contributed by atoms with Gasteiger partial charge >= 0.3 is 0 Å². The topological polar surface area (TPSA) is 87.5 Å². The number of imidazole rings is 1. The van der Waals surface area contributed by atoms with Gasteiger partial charge in [-0.05, 0) is 38.8 Å². The van der Waals surface area contributed by atoms with Crippen molar-refractivity contribution in [2.45, 2.75) is 38.6 Å². The van der Waals surface area contributed by atoms with Gasteiger partial charge < -0.3 is 9.47 Å². The van der Waals surface area contributed by atoms with Gasteiger partial charge in [-0.2, -0.15) is 17.4 Å². The van der Waals surface area contributed by atoms with Crippen LogP contribution in [0.1, 0.15) is 44.5 Å². The van der Waals surface area contributed by atoms with Crippen LogP contribution in [-0.4, -0.2) is 66.8 Å². The van der Waals surface area contributed by atoms with Gasteiger partial charge in [-0.1, -0.05) is 12.1 Å². The molecule has 1 fully saturated rings. The highest BCUT2D eigenvalue weighted by atomic mass is 32.2. The normalized spacial score (nSPS) is 18.4. The number of hydrogen-bond donors (Lipinski definition) is 1. The second-order valence-electron chi connectivity index (χ2n) is 7.71. The van der Waals surface area contributed by atoms with Gasteiger partial charge in [0.05, 0.1) is 17.6 Å². The number of amides is 1. The molecule has 0 bridgehead atoms. The van der Waals surface area contributed by atoms with Gasteiger partial charge in [0.1, 0.15) is 5.82 Å². The highest BCUT2D eigenvalue weighted by Gasteiger charge is 2.29. The molecule has 1 atom stereocenters. The average molecular weight is 408 g/mol. The van der Waals surface area contributed by atoms with E-state index in [1.165, 1.54) is 14.1 Å². The fourth-order valence-electron chi connectivity index (χ4n) is 3.70. The molecule has 8 nitrogen and oxygen atoms in total. The molecule has 1 saturated heterocycles. The van der Waals surface area contributed by atoms with E-state index in [1.54, 1.807) is 4.90 Å². The molecule has 1 N–H and O–H groups in total. The summed E-state index contributed by atoms with van der Waals surface area (Å²) < 4.78 is 29.4. The highest BCUT2D eigenvalue weighted by molar-refractivity contribution is 7.87. The lowest BCUT2D eigenvalue weighted by Gasteiger charge is -2.33. The molecule has 1 amide bonds. The van der Waals surface area contributed by atoms with E-state index in [1.807, 2.05) is 18.2 Å². The molecule has 0 aliphatic carbocycles. The predicted molar refractivity (Wildman–Crippen MR) is 109 cm³/mol. The first kappa shape index (κ1) is 20.8. The zero-order valence-corrected chi connectivity index (χ0v) is 17.7. The first-order valence-corrected chi connectivity index (χ1v) is 11.1. The minimum Gasteiger partial charge on any atom is -0.341 e. The van der Waals surface area contributed by atoms with Gasteiger partial charge in [0.2, 0.25) is 5.91 Å². The molecule has 0 spiro atoms. The molecule has 154 valence electrons. The van der Waals surface area contributed by atoms with Crippen molar-refractivity contribution in [1.82, 2.24) is 23.5 Å². The monoisotopic (exact) mass is 407 g/mol. The van der Waals surface area contributed by atoms with Gasteiger partial charge in [0, 0.05) is 39.1 Å². The number of nitrogens with one attached hydrogen (secondary N) is 1. The quantitative estimate of drug-likeness (QED) is 0.790. The third kappa shape index (κ3) is 4.21. The number of rotatable bonds is 6. The summed E-state index contributed by atoms with van der Waals surface area (Å²) in [7, 11) is -0.752. The molecule has 9 heteroatoms. The minimum absolute atomic E-state index is 0.137. The van der Waals surface area contributed by atoms with E-state index < -0.39 is 10.2 Å². The van der Waals surface area contributed by atoms with Gasteiger partial charge in [0.15, 0.2) is 0 Å². The molecule has 1 aliphatic heterocycles. The number of benzene rings is 1. The maximum absolute atomic E-state index is 12.6. The van der Waals surface area contributed by atoms with Crippen molar-refractivity contribution in [2.24, 2.45) is 0 Å². The Balaban J connectivity index is 1.78. The van der Waals surface area contributed by atoms with Crippen LogP contribution in [0.15, 0.2) is 24.3 Å². The van der Waals surface area contributed by atoms with Crippen LogP contribution in [0.4, 0.5) is 0 Å². The molecule has 0 radical (unpaired) electrons. The van der Waals surface area contributed by atoms with Crippen LogP contribution in [-0.2, 0) is 15.0 Å². The lowest BCUT2D eigenvalue weighted by molar-refractivity contribution is -0.131. The molecule has 2 heterocycles. The molecular weight excluding hydrogens is 378 g/mol. The number of carbonyl (C=O) groups is 1. The third-order valence-electron chi connectivity index (χ3n) is 5.17. The second-order valence-corrected chi connectivity index (χ2v) is 9.68. The van der Waals surface area contributed by atoms with Crippen molar-refractivity contribution in [3.63, 3.8) is 0 Å². The maximum atomic E-state index is 12.6. The molecule has 1 aromatic carbocycles. The number of para-hydroxylation sites is 2. The van der Waals surface area contributed by atoms with E-state index in [2.05, 4.69) is 29.2 Å². The Hall–Kier alpha value is -1.97. The van der Waals surface area contributed by atoms with Crippen LogP contribution in [0.5, 0.6) is 0 Å². The summed E-state index contributed by atoms with van der Waals surface area (Å²) in [4.78, 5) is 19.2. The number of fused-ring (bicyclic) bond motifs is 1. The van der Waals surface area contributed by atoms with Gasteiger partial charge in [-0.25, -0.2) is 4.98 Å². The molecule has 1 aliphatic rings. The number of piperidine rings is 1. The highest BCUT2D eigenvalue weighted by Crippen LogP contribution is 2.31. The van der Waals surface area contributed by atoms with Crippen LogP contribution >= 0.6 is 0 Å². The maximum Gasteiger partial charge on any atom is 0.279 e. The van der Waals surface area contributed by atoms with E-state index in [0.717, 1.165) is 34.0 Å². The minimum atomic E-state index is -3.61. The zero-order chi connectivity index (χ0) is 20.5. The van der Waals surface area contributed by atoms with Crippen LogP contribution in [0, 0.1) is 0 Å². The molecule has 1 unspecified atom stereocenters. The summed E-state index contributed by atoms with van der Waals surface area (Å²) in [6.07, 6.45) is 1.83. The zero-order valence-electron chi connectivity index (χ0n) is 16.9. The summed E-state index contributed by atoms with van der Waals surface area (Å²) >= 11 is 0. The Labute approximate surface area is 166 Å². The van der Waals surface area contributed by atoms with Gasteiger partial charge in [0.25, 0.3) is 10.2 Å². The first-order chi connectivity index (χ1) is 13.2. The summed E-state index contributed by atoms with van der Waals surface area (Å²) in [5.41, 5.74) is 2.07. The number of nitrogens with zero attached hydrogens (tertiary/aromatic N) is 4. The Morgan fingerprint density at radius 2 is 2.04 bits per heavy atom. The predicted octanol–water partition coefficient (Wildman–Crippen LogP) is 1.72. The second kappa shape index (κ2) is 8.18. The Morgan fingerprint density at radius 1 is 1.32 bits per heavy atom. The van der Waals surface area contributed by atoms with Crippen LogP contribution in [0.3, 0.4) is 0 Å². The van der Waals surface area contributed by atoms with E-state index in [0.29, 0.717) is 13.1 Å². The molecule has 0 saturated carbocycles. The lowest BCUT2D eigenvalue weighted by Crippen LogP contribution is -2.46. The van der Waals surface area contributed by atoms with Crippen molar-refractivity contribution < 1.29 is 13.2 Å². The van der Waals surface area contributed by atoms with Gasteiger partial charge in [-0.3, -0.25) is 4.79 Å². The van der Waals surface area contributed by atoms with E-state index in [9.17, 15) is 13.2 Å². The van der Waals surface area contributed by atoms with Crippen LogP contribution in [0.25, 0.3) is 11.0 Å². The molecule has 3 rings (SSSR count). The van der Waals surface area contributed by atoms with E-state index in [-0.39, 0.29) is 24.4 Å². The van der Waals surface area contributed by atoms with Crippen molar-refractivity contribution >= 4 is 27.1 Å². The SMILES string of the molecule is CC(C)n1c(C2CCCN(C(=O)CNS(=O)(=O)N(C)C)C2)nc2ccccc21. The number of aromatic nitrogens is 2. The first-order valence-electron chi connectivity index (χ1n) is 9.62. The van der Waals surface area contributed by atoms with Gasteiger partial charge in [-0.15, -0.1) is 0 Å². The van der Waals surface area contributed by atoms with E-state index in [4.69, 9.17) is 4.98 Å². The Kier molecular flexibility index (Phi) is 6.07. The standard InChI is InChI=1S/C19H29N5O3S/c1-14(2)24-17-10-6-5-9-16(17)21-19(24)15-8-7-11-23(13-15)18(25)12-20-28(26,27)22(3)4/h5-6,9-10,14-15,20H,7-8,11-13H2,1-4H3. The van der Waals surface area contributed by atoms with Crippen molar-refractivity contribution in [3.8, 4) is 0 Å². The summed E-state index contributed by atoms with van der Waals surface area (Å²) in [5.74, 6) is 0.933. The summed E-state index contributed by atoms with van der Waals surface area (Å²) in [5, 5.41) is 0. The third-order valence-corrected chi connectivity index (χ3v) is 6.64. The Bertz CT molecular complexity index is 952. The summed E-state index contributed by atoms with van der Waals surface area (Å²) in [6, 6.07) is 8.35. The number of carbonyl (C=O) groups excluding carboxylic acids is 1. The molecular formula is C19H29N5O3S. The molecule has 28 heavy (non-hydrogen) atoms. The Morgan fingerprint density at radius 3 is 2.71 bits per heavy atom. The lowest BCUT2D eigenvalue weighted by atomic mass is 9.96. The van der Waals surface area contributed by atoms with Crippen molar-refractivity contribution in [1.29, 1.82) is 0 Å². The van der Waals surface area contributed by atoms with Crippen molar-refractivity contribution in [2.75, 3.05) is 33.7 Å². The average Bonchev–Trinajstić information content (AvgIpc) is 3.06. The van der Waals surface area contributed by atoms with Crippen LogP contribution in [0.2, 0.25) is 0 Å². The largest absolute Gasteiger partial charge is 0.341 e. The molecule has 1 aromatic heterocycles. The molecule has 2 aromatic rings. The number of likely N-dealkylation sites (tertiary alicyclic amines) is 1. The fourth-order valence-corrected chi connectivity index (χ4v) is 4.27. The summed E-state index contributed by atoms with van der Waals surface area (Å²) in [6.45, 7) is 5.24. The smallest absolute Gasteiger partial charge is 0.279 e. The van der Waals surface area contributed by atoms with Crippen LogP contribution < -0.4 is 4.72 Å². The van der Waals surface area contributed by atoms with E-state index >= 15 is 0 Å². The van der Waals surface area contributed by atoms with Crippen molar-refractivity contribution in [3.05, 3.63) is 30.1 Å². The number of hydrogen-bond acceptors (Lipinski definition) is 4. The fraction of sp³-hybridized carbons (Fsp3) is 0.579.